The van der Waals surface area contributed by atoms with Gasteiger partial charge in [0.15, 0.2) is 0 Å². The SMILES string of the molecule is Cc1ccc(N2CCC(C)(C)C(C#N)C2)cc1Br. The zero-order valence-electron chi connectivity index (χ0n) is 11.2. The minimum atomic E-state index is 0.103. The Hall–Kier alpha value is -1.01. The number of rotatable bonds is 1. The molecule has 18 heavy (non-hydrogen) atoms. The topological polar surface area (TPSA) is 27.0 Å². The largest absolute Gasteiger partial charge is 0.370 e. The van der Waals surface area contributed by atoms with Gasteiger partial charge in [0.25, 0.3) is 0 Å². The highest BCUT2D eigenvalue weighted by atomic mass is 79.9. The van der Waals surface area contributed by atoms with Gasteiger partial charge in [-0.25, -0.2) is 0 Å². The number of hydrogen-bond donors (Lipinski definition) is 0. The second-order valence-electron chi connectivity index (χ2n) is 5.80. The molecule has 0 amide bonds. The van der Waals surface area contributed by atoms with Crippen molar-refractivity contribution in [2.75, 3.05) is 18.0 Å². The van der Waals surface area contributed by atoms with Gasteiger partial charge < -0.3 is 4.90 Å². The summed E-state index contributed by atoms with van der Waals surface area (Å²) in [5.74, 6) is 0.103. The second-order valence-corrected chi connectivity index (χ2v) is 6.65. The molecule has 0 saturated carbocycles. The maximum atomic E-state index is 9.30. The Morgan fingerprint density at radius 3 is 2.78 bits per heavy atom. The molecule has 0 aromatic heterocycles. The summed E-state index contributed by atoms with van der Waals surface area (Å²) < 4.78 is 1.14. The molecule has 1 atom stereocenters. The monoisotopic (exact) mass is 306 g/mol. The lowest BCUT2D eigenvalue weighted by Gasteiger charge is -2.41. The fourth-order valence-electron chi connectivity index (χ4n) is 2.38. The lowest BCUT2D eigenvalue weighted by atomic mass is 9.74. The van der Waals surface area contributed by atoms with Gasteiger partial charge in [0, 0.05) is 23.2 Å². The molecular weight excluding hydrogens is 288 g/mol. The second kappa shape index (κ2) is 4.93. The lowest BCUT2D eigenvalue weighted by molar-refractivity contribution is 0.217. The molecular formula is C15H19BrN2. The van der Waals surface area contributed by atoms with Crippen molar-refractivity contribution in [3.8, 4) is 6.07 Å². The molecule has 0 bridgehead atoms. The first-order valence-electron chi connectivity index (χ1n) is 6.35. The first-order chi connectivity index (χ1) is 8.44. The van der Waals surface area contributed by atoms with Crippen LogP contribution in [0.3, 0.4) is 0 Å². The molecule has 1 aliphatic heterocycles. The first kappa shape index (κ1) is 13.4. The van der Waals surface area contributed by atoms with Crippen LogP contribution in [-0.4, -0.2) is 13.1 Å². The smallest absolute Gasteiger partial charge is 0.0690 e. The zero-order chi connectivity index (χ0) is 13.3. The van der Waals surface area contributed by atoms with Gasteiger partial charge in [0.2, 0.25) is 0 Å². The van der Waals surface area contributed by atoms with Gasteiger partial charge in [-0.05, 0) is 36.5 Å². The molecule has 1 aromatic rings. The van der Waals surface area contributed by atoms with Crippen molar-refractivity contribution in [3.05, 3.63) is 28.2 Å². The highest BCUT2D eigenvalue weighted by Gasteiger charge is 2.35. The summed E-state index contributed by atoms with van der Waals surface area (Å²) in [5.41, 5.74) is 2.59. The molecule has 1 fully saturated rings. The van der Waals surface area contributed by atoms with E-state index in [9.17, 15) is 5.26 Å². The Labute approximate surface area is 118 Å². The third kappa shape index (κ3) is 2.54. The van der Waals surface area contributed by atoms with E-state index in [0.717, 1.165) is 24.0 Å². The van der Waals surface area contributed by atoms with Gasteiger partial charge in [-0.3, -0.25) is 0 Å². The standard InChI is InChI=1S/C15H19BrN2/c1-11-4-5-13(8-14(11)16)18-7-6-15(2,3)12(9-17)10-18/h4-5,8,12H,6-7,10H2,1-3H3. The molecule has 96 valence electrons. The van der Waals surface area contributed by atoms with Crippen LogP contribution in [0.1, 0.15) is 25.8 Å². The number of halogens is 1. The maximum Gasteiger partial charge on any atom is 0.0690 e. The Morgan fingerprint density at radius 1 is 1.44 bits per heavy atom. The van der Waals surface area contributed by atoms with Crippen LogP contribution in [0.15, 0.2) is 22.7 Å². The van der Waals surface area contributed by atoms with E-state index < -0.39 is 0 Å². The molecule has 0 radical (unpaired) electrons. The average molecular weight is 307 g/mol. The van der Waals surface area contributed by atoms with Gasteiger partial charge in [0.05, 0.1) is 12.0 Å². The number of anilines is 1. The van der Waals surface area contributed by atoms with E-state index in [-0.39, 0.29) is 11.3 Å². The normalized spacial score (nSPS) is 22.6. The predicted molar refractivity (Wildman–Crippen MR) is 78.6 cm³/mol. The van der Waals surface area contributed by atoms with Gasteiger partial charge in [0.1, 0.15) is 0 Å². The van der Waals surface area contributed by atoms with Crippen LogP contribution in [0.25, 0.3) is 0 Å². The van der Waals surface area contributed by atoms with Crippen LogP contribution in [0, 0.1) is 29.6 Å². The molecule has 0 N–H and O–H groups in total. The van der Waals surface area contributed by atoms with E-state index in [1.807, 2.05) is 0 Å². The molecule has 0 spiro atoms. The highest BCUT2D eigenvalue weighted by molar-refractivity contribution is 9.10. The van der Waals surface area contributed by atoms with Crippen LogP contribution in [0.2, 0.25) is 0 Å². The van der Waals surface area contributed by atoms with Crippen molar-refractivity contribution in [1.29, 1.82) is 5.26 Å². The minimum absolute atomic E-state index is 0.103. The van der Waals surface area contributed by atoms with Gasteiger partial charge in [-0.15, -0.1) is 0 Å². The first-order valence-corrected chi connectivity index (χ1v) is 7.14. The van der Waals surface area contributed by atoms with Crippen molar-refractivity contribution >= 4 is 21.6 Å². The summed E-state index contributed by atoms with van der Waals surface area (Å²) >= 11 is 3.58. The molecule has 1 unspecified atom stereocenters. The Bertz CT molecular complexity index is 488. The highest BCUT2D eigenvalue weighted by Crippen LogP contribution is 2.37. The number of nitrogens with zero attached hydrogens (tertiary/aromatic N) is 2. The molecule has 1 heterocycles. The van der Waals surface area contributed by atoms with Crippen molar-refractivity contribution in [2.24, 2.45) is 11.3 Å². The molecule has 1 saturated heterocycles. The van der Waals surface area contributed by atoms with Crippen LogP contribution in [0.5, 0.6) is 0 Å². The summed E-state index contributed by atoms with van der Waals surface area (Å²) in [6.45, 7) is 8.34. The maximum absolute atomic E-state index is 9.30. The molecule has 3 heteroatoms. The Balaban J connectivity index is 2.21. The van der Waals surface area contributed by atoms with E-state index in [2.05, 4.69) is 65.9 Å². The summed E-state index contributed by atoms with van der Waals surface area (Å²) in [6, 6.07) is 8.89. The van der Waals surface area contributed by atoms with E-state index in [4.69, 9.17) is 0 Å². The third-order valence-corrected chi connectivity index (χ3v) is 4.90. The van der Waals surface area contributed by atoms with Crippen LogP contribution in [-0.2, 0) is 0 Å². The fourth-order valence-corrected chi connectivity index (χ4v) is 2.75. The summed E-state index contributed by atoms with van der Waals surface area (Å²) in [5, 5.41) is 9.30. The molecule has 1 aliphatic rings. The minimum Gasteiger partial charge on any atom is -0.370 e. The molecule has 2 rings (SSSR count). The average Bonchev–Trinajstić information content (AvgIpc) is 2.32. The lowest BCUT2D eigenvalue weighted by Crippen LogP contribution is -2.44. The Kier molecular flexibility index (Phi) is 3.68. The molecule has 1 aromatic carbocycles. The summed E-state index contributed by atoms with van der Waals surface area (Å²) in [6.07, 6.45) is 1.07. The van der Waals surface area contributed by atoms with Gasteiger partial charge >= 0.3 is 0 Å². The van der Waals surface area contributed by atoms with Crippen molar-refractivity contribution < 1.29 is 0 Å². The fraction of sp³-hybridized carbons (Fsp3) is 0.533. The zero-order valence-corrected chi connectivity index (χ0v) is 12.8. The molecule has 0 aliphatic carbocycles. The van der Waals surface area contributed by atoms with Gasteiger partial charge in [-0.2, -0.15) is 5.26 Å². The van der Waals surface area contributed by atoms with Crippen molar-refractivity contribution in [2.45, 2.75) is 27.2 Å². The predicted octanol–water partition coefficient (Wildman–Crippen LogP) is 4.13. The van der Waals surface area contributed by atoms with Crippen LogP contribution >= 0.6 is 15.9 Å². The summed E-state index contributed by atoms with van der Waals surface area (Å²) in [4.78, 5) is 2.32. The van der Waals surface area contributed by atoms with Crippen LogP contribution < -0.4 is 4.90 Å². The van der Waals surface area contributed by atoms with Crippen molar-refractivity contribution in [3.63, 3.8) is 0 Å². The quantitative estimate of drug-likeness (QED) is 0.780. The van der Waals surface area contributed by atoms with Crippen molar-refractivity contribution in [1.82, 2.24) is 0 Å². The number of hydrogen-bond acceptors (Lipinski definition) is 2. The number of aryl methyl sites for hydroxylation is 1. The third-order valence-electron chi connectivity index (χ3n) is 4.05. The van der Waals surface area contributed by atoms with Gasteiger partial charge in [-0.1, -0.05) is 35.8 Å². The number of nitriles is 1. The Morgan fingerprint density at radius 2 is 2.17 bits per heavy atom. The number of piperidine rings is 1. The van der Waals surface area contributed by atoms with E-state index in [0.29, 0.717) is 0 Å². The molecule has 2 nitrogen and oxygen atoms in total. The van der Waals surface area contributed by atoms with Crippen LogP contribution in [0.4, 0.5) is 5.69 Å². The number of benzene rings is 1. The summed E-state index contributed by atoms with van der Waals surface area (Å²) in [7, 11) is 0. The van der Waals surface area contributed by atoms with E-state index in [1.165, 1.54) is 11.3 Å². The van der Waals surface area contributed by atoms with E-state index >= 15 is 0 Å². The van der Waals surface area contributed by atoms with E-state index in [1.54, 1.807) is 0 Å².